The van der Waals surface area contributed by atoms with Crippen molar-refractivity contribution in [3.05, 3.63) is 82.7 Å². The van der Waals surface area contributed by atoms with Crippen LogP contribution in [0.5, 0.6) is 0 Å². The van der Waals surface area contributed by atoms with Crippen LogP contribution in [0.25, 0.3) is 0 Å². The summed E-state index contributed by atoms with van der Waals surface area (Å²) < 4.78 is 0. The van der Waals surface area contributed by atoms with E-state index in [1.165, 1.54) is 18.0 Å². The Morgan fingerprint density at radius 3 is 2.27 bits per heavy atom. The molecule has 0 bridgehead atoms. The molecule has 0 aliphatic carbocycles. The van der Waals surface area contributed by atoms with Gasteiger partial charge in [-0.3, -0.25) is 4.79 Å². The standard InChI is InChI=1S/C21H22N4O/c1-14-6-4-9-17(10-14)11-22-21-23-12-18(13-24-21)20(26)25-19-15(2)7-5-8-16(19)3/h4-10,12-13H,11H2,1-3H3,(H,25,26)(H,22,23,24). The molecular formula is C21H22N4O. The predicted octanol–water partition coefficient (Wildman–Crippen LogP) is 4.27. The van der Waals surface area contributed by atoms with E-state index in [1.807, 2.05) is 44.2 Å². The van der Waals surface area contributed by atoms with Gasteiger partial charge in [0.15, 0.2) is 0 Å². The van der Waals surface area contributed by atoms with Crippen LogP contribution in [0.4, 0.5) is 11.6 Å². The lowest BCUT2D eigenvalue weighted by Gasteiger charge is -2.11. The van der Waals surface area contributed by atoms with Crippen LogP contribution in [0.1, 0.15) is 32.6 Å². The smallest absolute Gasteiger partial charge is 0.258 e. The fourth-order valence-corrected chi connectivity index (χ4v) is 2.74. The van der Waals surface area contributed by atoms with Gasteiger partial charge in [-0.2, -0.15) is 0 Å². The second-order valence-electron chi connectivity index (χ2n) is 6.36. The molecule has 0 aliphatic heterocycles. The van der Waals surface area contributed by atoms with Gasteiger partial charge >= 0.3 is 0 Å². The topological polar surface area (TPSA) is 66.9 Å². The molecule has 0 fully saturated rings. The van der Waals surface area contributed by atoms with E-state index in [2.05, 4.69) is 39.7 Å². The summed E-state index contributed by atoms with van der Waals surface area (Å²) in [5.74, 6) is 0.280. The number of aromatic nitrogens is 2. The van der Waals surface area contributed by atoms with Crippen LogP contribution in [-0.4, -0.2) is 15.9 Å². The highest BCUT2D eigenvalue weighted by Gasteiger charge is 2.10. The molecular weight excluding hydrogens is 324 g/mol. The molecule has 0 atom stereocenters. The quantitative estimate of drug-likeness (QED) is 0.724. The molecule has 26 heavy (non-hydrogen) atoms. The molecule has 0 spiro atoms. The van der Waals surface area contributed by atoms with Crippen molar-refractivity contribution in [3.63, 3.8) is 0 Å². The molecule has 3 rings (SSSR count). The lowest BCUT2D eigenvalue weighted by atomic mass is 10.1. The van der Waals surface area contributed by atoms with E-state index in [1.54, 1.807) is 0 Å². The van der Waals surface area contributed by atoms with Crippen molar-refractivity contribution >= 4 is 17.5 Å². The summed E-state index contributed by atoms with van der Waals surface area (Å²) in [6.07, 6.45) is 3.07. The first kappa shape index (κ1) is 17.6. The van der Waals surface area contributed by atoms with Crippen LogP contribution >= 0.6 is 0 Å². The van der Waals surface area contributed by atoms with Gasteiger partial charge in [0.1, 0.15) is 0 Å². The molecule has 132 valence electrons. The van der Waals surface area contributed by atoms with E-state index in [0.29, 0.717) is 18.1 Å². The summed E-state index contributed by atoms with van der Waals surface area (Å²) in [7, 11) is 0. The summed E-state index contributed by atoms with van der Waals surface area (Å²) >= 11 is 0. The Hall–Kier alpha value is -3.21. The number of carbonyl (C=O) groups is 1. The molecule has 3 aromatic rings. The van der Waals surface area contributed by atoms with Crippen molar-refractivity contribution in [2.24, 2.45) is 0 Å². The highest BCUT2D eigenvalue weighted by atomic mass is 16.1. The van der Waals surface area contributed by atoms with Crippen LogP contribution in [-0.2, 0) is 6.54 Å². The van der Waals surface area contributed by atoms with Crippen molar-refractivity contribution < 1.29 is 4.79 Å². The van der Waals surface area contributed by atoms with Gasteiger partial charge in [-0.05, 0) is 37.5 Å². The number of para-hydroxylation sites is 1. The lowest BCUT2D eigenvalue weighted by molar-refractivity contribution is 0.102. The van der Waals surface area contributed by atoms with E-state index in [9.17, 15) is 4.79 Å². The summed E-state index contributed by atoms with van der Waals surface area (Å²) in [5.41, 5.74) is 5.67. The van der Waals surface area contributed by atoms with Gasteiger partial charge in [-0.25, -0.2) is 9.97 Å². The third kappa shape index (κ3) is 4.25. The van der Waals surface area contributed by atoms with Crippen molar-refractivity contribution in [3.8, 4) is 0 Å². The summed E-state index contributed by atoms with van der Waals surface area (Å²) in [6.45, 7) is 6.63. The molecule has 0 saturated carbocycles. The van der Waals surface area contributed by atoms with Crippen LogP contribution in [0.3, 0.4) is 0 Å². The third-order valence-corrected chi connectivity index (χ3v) is 4.17. The fourth-order valence-electron chi connectivity index (χ4n) is 2.74. The molecule has 5 heteroatoms. The number of nitrogens with one attached hydrogen (secondary N) is 2. The average Bonchev–Trinajstić information content (AvgIpc) is 2.63. The van der Waals surface area contributed by atoms with E-state index in [-0.39, 0.29) is 5.91 Å². The van der Waals surface area contributed by atoms with Crippen LogP contribution in [0.15, 0.2) is 54.9 Å². The Morgan fingerprint density at radius 1 is 0.962 bits per heavy atom. The monoisotopic (exact) mass is 346 g/mol. The van der Waals surface area contributed by atoms with E-state index >= 15 is 0 Å². The molecule has 2 N–H and O–H groups in total. The van der Waals surface area contributed by atoms with Gasteiger partial charge in [0.05, 0.1) is 5.56 Å². The van der Waals surface area contributed by atoms with Gasteiger partial charge < -0.3 is 10.6 Å². The van der Waals surface area contributed by atoms with Crippen molar-refractivity contribution in [2.75, 3.05) is 10.6 Å². The van der Waals surface area contributed by atoms with E-state index < -0.39 is 0 Å². The summed E-state index contributed by atoms with van der Waals surface area (Å²) in [5, 5.41) is 6.11. The maximum absolute atomic E-state index is 12.4. The normalized spacial score (nSPS) is 10.4. The minimum Gasteiger partial charge on any atom is -0.350 e. The first-order chi connectivity index (χ1) is 12.5. The highest BCUT2D eigenvalue weighted by molar-refractivity contribution is 6.04. The van der Waals surface area contributed by atoms with Gasteiger partial charge in [0.25, 0.3) is 5.91 Å². The minimum atomic E-state index is -0.215. The van der Waals surface area contributed by atoms with Crippen LogP contribution < -0.4 is 10.6 Å². The largest absolute Gasteiger partial charge is 0.350 e. The number of hydrogen-bond donors (Lipinski definition) is 2. The third-order valence-electron chi connectivity index (χ3n) is 4.17. The summed E-state index contributed by atoms with van der Waals surface area (Å²) in [4.78, 5) is 20.9. The minimum absolute atomic E-state index is 0.215. The van der Waals surface area contributed by atoms with Crippen molar-refractivity contribution in [2.45, 2.75) is 27.3 Å². The van der Waals surface area contributed by atoms with Crippen molar-refractivity contribution in [1.29, 1.82) is 0 Å². The summed E-state index contributed by atoms with van der Waals surface area (Å²) in [6, 6.07) is 14.1. The van der Waals surface area contributed by atoms with Gasteiger partial charge in [-0.15, -0.1) is 0 Å². The molecule has 0 aliphatic rings. The number of benzene rings is 2. The molecule has 2 aromatic carbocycles. The lowest BCUT2D eigenvalue weighted by Crippen LogP contribution is -2.15. The first-order valence-electron chi connectivity index (χ1n) is 8.52. The second-order valence-corrected chi connectivity index (χ2v) is 6.36. The molecule has 1 aromatic heterocycles. The Morgan fingerprint density at radius 2 is 1.62 bits per heavy atom. The second kappa shape index (κ2) is 7.78. The van der Waals surface area contributed by atoms with Crippen LogP contribution in [0, 0.1) is 20.8 Å². The Labute approximate surface area is 153 Å². The zero-order chi connectivity index (χ0) is 18.5. The van der Waals surface area contributed by atoms with E-state index in [0.717, 1.165) is 22.4 Å². The SMILES string of the molecule is Cc1cccc(CNc2ncc(C(=O)Nc3c(C)cccc3C)cn2)c1. The molecule has 1 amide bonds. The average molecular weight is 346 g/mol. The number of rotatable bonds is 5. The molecule has 5 nitrogen and oxygen atoms in total. The van der Waals surface area contributed by atoms with Gasteiger partial charge in [0.2, 0.25) is 5.95 Å². The number of anilines is 2. The van der Waals surface area contributed by atoms with Crippen LogP contribution in [0.2, 0.25) is 0 Å². The number of nitrogens with zero attached hydrogens (tertiary/aromatic N) is 2. The Bertz CT molecular complexity index is 899. The zero-order valence-corrected chi connectivity index (χ0v) is 15.2. The Kier molecular flexibility index (Phi) is 5.27. The predicted molar refractivity (Wildman–Crippen MR) is 104 cm³/mol. The molecule has 0 saturated heterocycles. The number of hydrogen-bond acceptors (Lipinski definition) is 4. The molecule has 0 unspecified atom stereocenters. The maximum Gasteiger partial charge on any atom is 0.258 e. The van der Waals surface area contributed by atoms with E-state index in [4.69, 9.17) is 0 Å². The Balaban J connectivity index is 1.64. The maximum atomic E-state index is 12.4. The van der Waals surface area contributed by atoms with Crippen molar-refractivity contribution in [1.82, 2.24) is 9.97 Å². The molecule has 0 radical (unpaired) electrons. The number of aryl methyl sites for hydroxylation is 3. The first-order valence-corrected chi connectivity index (χ1v) is 8.52. The van der Waals surface area contributed by atoms with Gasteiger partial charge in [0, 0.05) is 24.6 Å². The number of carbonyl (C=O) groups excluding carboxylic acids is 1. The molecule has 1 heterocycles. The zero-order valence-electron chi connectivity index (χ0n) is 15.2. The fraction of sp³-hybridized carbons (Fsp3) is 0.190. The highest BCUT2D eigenvalue weighted by Crippen LogP contribution is 2.20. The number of amides is 1. The van der Waals surface area contributed by atoms with Gasteiger partial charge in [-0.1, -0.05) is 48.0 Å².